The number of carboxylic acid groups (broad SMARTS) is 1. The maximum absolute atomic E-state index is 13.2. The maximum atomic E-state index is 13.2. The monoisotopic (exact) mass is 233 g/mol. The molecule has 0 aromatic heterocycles. The van der Waals surface area contributed by atoms with Crippen LogP contribution in [0.1, 0.15) is 13.3 Å². The number of halogens is 2. The van der Waals surface area contributed by atoms with Crippen molar-refractivity contribution >= 4 is 11.9 Å². The van der Waals surface area contributed by atoms with E-state index in [1.54, 1.807) is 0 Å². The third kappa shape index (κ3) is 1.76. The lowest BCUT2D eigenvalue weighted by molar-refractivity contribution is -0.142. The Hall–Kier alpha value is -1.20. The molecule has 4 nitrogen and oxygen atoms in total. The molecule has 90 valence electrons. The summed E-state index contributed by atoms with van der Waals surface area (Å²) < 4.78 is 26.4. The van der Waals surface area contributed by atoms with Crippen molar-refractivity contribution in [1.82, 2.24) is 4.90 Å². The largest absolute Gasteiger partial charge is 0.481 e. The number of aliphatic carboxylic acids is 1. The highest BCUT2D eigenvalue weighted by Gasteiger charge is 2.54. The molecule has 2 rings (SSSR count). The molecule has 1 N–H and O–H groups in total. The SMILES string of the molecule is CC1CN(C(=O)[C@@H]2C[C@H]2C(=O)O)CC1(F)F. The number of carbonyl (C=O) groups excluding carboxylic acids is 1. The van der Waals surface area contributed by atoms with Crippen molar-refractivity contribution in [1.29, 1.82) is 0 Å². The van der Waals surface area contributed by atoms with Gasteiger partial charge in [0, 0.05) is 12.5 Å². The van der Waals surface area contributed by atoms with Gasteiger partial charge < -0.3 is 10.0 Å². The molecular weight excluding hydrogens is 220 g/mol. The molecule has 2 fully saturated rings. The van der Waals surface area contributed by atoms with Gasteiger partial charge in [-0.15, -0.1) is 0 Å². The summed E-state index contributed by atoms with van der Waals surface area (Å²) in [5.41, 5.74) is 0. The predicted molar refractivity (Wildman–Crippen MR) is 49.9 cm³/mol. The minimum absolute atomic E-state index is 0.0225. The summed E-state index contributed by atoms with van der Waals surface area (Å²) in [5, 5.41) is 8.65. The van der Waals surface area contributed by atoms with E-state index < -0.39 is 42.1 Å². The molecule has 1 aliphatic heterocycles. The number of likely N-dealkylation sites (tertiary alicyclic amines) is 1. The van der Waals surface area contributed by atoms with Gasteiger partial charge in [0.15, 0.2) is 0 Å². The van der Waals surface area contributed by atoms with Crippen LogP contribution in [0.4, 0.5) is 8.78 Å². The molecule has 0 bridgehead atoms. The topological polar surface area (TPSA) is 57.6 Å². The van der Waals surface area contributed by atoms with E-state index in [-0.39, 0.29) is 13.0 Å². The van der Waals surface area contributed by atoms with E-state index in [2.05, 4.69) is 0 Å². The summed E-state index contributed by atoms with van der Waals surface area (Å²) in [4.78, 5) is 23.3. The Labute approximate surface area is 91.2 Å². The van der Waals surface area contributed by atoms with Crippen molar-refractivity contribution in [3.05, 3.63) is 0 Å². The average Bonchev–Trinajstić information content (AvgIpc) is 2.89. The van der Waals surface area contributed by atoms with Gasteiger partial charge in [0.05, 0.1) is 18.4 Å². The van der Waals surface area contributed by atoms with Crippen molar-refractivity contribution in [3.63, 3.8) is 0 Å². The summed E-state index contributed by atoms with van der Waals surface area (Å²) in [6.45, 7) is 0.847. The molecule has 0 radical (unpaired) electrons. The van der Waals surface area contributed by atoms with Gasteiger partial charge in [0.25, 0.3) is 5.92 Å². The number of nitrogens with zero attached hydrogens (tertiary/aromatic N) is 1. The number of hydrogen-bond donors (Lipinski definition) is 1. The fourth-order valence-electron chi connectivity index (χ4n) is 2.08. The molecule has 1 heterocycles. The maximum Gasteiger partial charge on any atom is 0.307 e. The Morgan fingerprint density at radius 2 is 2.00 bits per heavy atom. The van der Waals surface area contributed by atoms with E-state index in [1.165, 1.54) is 6.92 Å². The van der Waals surface area contributed by atoms with E-state index in [4.69, 9.17) is 5.11 Å². The first kappa shape index (κ1) is 11.3. The Balaban J connectivity index is 1.96. The summed E-state index contributed by atoms with van der Waals surface area (Å²) >= 11 is 0. The highest BCUT2D eigenvalue weighted by atomic mass is 19.3. The number of hydrogen-bond acceptors (Lipinski definition) is 2. The van der Waals surface area contributed by atoms with Gasteiger partial charge in [-0.3, -0.25) is 9.59 Å². The standard InChI is InChI=1S/C10H13F2NO3/c1-5-3-13(4-10(5,11)12)8(14)6-2-7(6)9(15)16/h5-7H,2-4H2,1H3,(H,15,16)/t5?,6-,7-/m1/s1. The third-order valence-electron chi connectivity index (χ3n) is 3.35. The van der Waals surface area contributed by atoms with Gasteiger partial charge in [0.2, 0.25) is 5.91 Å². The predicted octanol–water partition coefficient (Wildman–Crippen LogP) is 0.821. The molecule has 0 spiro atoms. The zero-order valence-corrected chi connectivity index (χ0v) is 8.82. The normalized spacial score (nSPS) is 36.2. The number of alkyl halides is 2. The van der Waals surface area contributed by atoms with Crippen LogP contribution >= 0.6 is 0 Å². The molecule has 1 saturated heterocycles. The van der Waals surface area contributed by atoms with Crippen LogP contribution < -0.4 is 0 Å². The molecule has 16 heavy (non-hydrogen) atoms. The second-order valence-electron chi connectivity index (χ2n) is 4.67. The number of rotatable bonds is 2. The Morgan fingerprint density at radius 3 is 2.38 bits per heavy atom. The lowest BCUT2D eigenvalue weighted by Crippen LogP contribution is -2.33. The lowest BCUT2D eigenvalue weighted by atomic mass is 10.1. The minimum atomic E-state index is -2.84. The lowest BCUT2D eigenvalue weighted by Gasteiger charge is -2.15. The average molecular weight is 233 g/mol. The van der Waals surface area contributed by atoms with Crippen molar-refractivity contribution < 1.29 is 23.5 Å². The summed E-state index contributed by atoms with van der Waals surface area (Å²) in [6.07, 6.45) is 0.282. The van der Waals surface area contributed by atoms with E-state index in [1.807, 2.05) is 0 Å². The molecule has 0 aromatic carbocycles. The molecule has 2 aliphatic rings. The number of amides is 1. The zero-order chi connectivity index (χ0) is 12.1. The zero-order valence-electron chi connectivity index (χ0n) is 8.82. The molecule has 1 unspecified atom stereocenters. The highest BCUT2D eigenvalue weighted by Crippen LogP contribution is 2.42. The van der Waals surface area contributed by atoms with Gasteiger partial charge >= 0.3 is 5.97 Å². The Kier molecular flexibility index (Phi) is 2.40. The first-order chi connectivity index (χ1) is 7.33. The highest BCUT2D eigenvalue weighted by molar-refractivity contribution is 5.89. The second kappa shape index (κ2) is 3.40. The molecule has 1 amide bonds. The van der Waals surface area contributed by atoms with E-state index >= 15 is 0 Å². The minimum Gasteiger partial charge on any atom is -0.481 e. The number of carboxylic acids is 1. The molecule has 3 atom stereocenters. The van der Waals surface area contributed by atoms with Gasteiger partial charge in [0.1, 0.15) is 0 Å². The van der Waals surface area contributed by atoms with Crippen molar-refractivity contribution in [2.24, 2.45) is 17.8 Å². The fourth-order valence-corrected chi connectivity index (χ4v) is 2.08. The Morgan fingerprint density at radius 1 is 1.38 bits per heavy atom. The smallest absolute Gasteiger partial charge is 0.307 e. The van der Waals surface area contributed by atoms with Crippen LogP contribution in [0.5, 0.6) is 0 Å². The van der Waals surface area contributed by atoms with E-state index in [0.29, 0.717) is 0 Å². The van der Waals surface area contributed by atoms with Gasteiger partial charge in [-0.05, 0) is 6.42 Å². The second-order valence-corrected chi connectivity index (χ2v) is 4.67. The molecule has 0 aromatic rings. The summed E-state index contributed by atoms with van der Waals surface area (Å²) in [7, 11) is 0. The third-order valence-corrected chi connectivity index (χ3v) is 3.35. The van der Waals surface area contributed by atoms with Crippen LogP contribution in [0.25, 0.3) is 0 Å². The first-order valence-electron chi connectivity index (χ1n) is 5.22. The Bertz CT molecular complexity index is 345. The van der Waals surface area contributed by atoms with Crippen LogP contribution in [-0.2, 0) is 9.59 Å². The van der Waals surface area contributed by atoms with Crippen molar-refractivity contribution in [2.45, 2.75) is 19.3 Å². The van der Waals surface area contributed by atoms with Gasteiger partial charge in [-0.2, -0.15) is 0 Å². The van der Waals surface area contributed by atoms with Crippen molar-refractivity contribution in [2.75, 3.05) is 13.1 Å². The summed E-state index contributed by atoms with van der Waals surface area (Å²) in [6, 6.07) is 0. The van der Waals surface area contributed by atoms with Crippen LogP contribution in [0.2, 0.25) is 0 Å². The van der Waals surface area contributed by atoms with Crippen LogP contribution in [0, 0.1) is 17.8 Å². The van der Waals surface area contributed by atoms with E-state index in [9.17, 15) is 18.4 Å². The molecule has 1 aliphatic carbocycles. The summed E-state index contributed by atoms with van der Waals surface area (Å²) in [5.74, 6) is -6.40. The fraction of sp³-hybridized carbons (Fsp3) is 0.800. The quantitative estimate of drug-likeness (QED) is 0.768. The van der Waals surface area contributed by atoms with Crippen LogP contribution in [0.3, 0.4) is 0 Å². The van der Waals surface area contributed by atoms with Gasteiger partial charge in [-0.1, -0.05) is 6.92 Å². The molecule has 1 saturated carbocycles. The molecular formula is C10H13F2NO3. The molecule has 6 heteroatoms. The number of carbonyl (C=O) groups is 2. The van der Waals surface area contributed by atoms with Gasteiger partial charge in [-0.25, -0.2) is 8.78 Å². The van der Waals surface area contributed by atoms with Crippen molar-refractivity contribution in [3.8, 4) is 0 Å². The van der Waals surface area contributed by atoms with E-state index in [0.717, 1.165) is 4.90 Å². The van der Waals surface area contributed by atoms with Crippen LogP contribution in [-0.4, -0.2) is 40.9 Å². The first-order valence-corrected chi connectivity index (χ1v) is 5.22. The van der Waals surface area contributed by atoms with Crippen LogP contribution in [0.15, 0.2) is 0 Å².